The first-order valence-electron chi connectivity index (χ1n) is 9.00. The second-order valence-corrected chi connectivity index (χ2v) is 9.17. The third-order valence-corrected chi connectivity index (χ3v) is 6.70. The molecule has 148 valence electrons. The van der Waals surface area contributed by atoms with Crippen molar-refractivity contribution in [2.45, 2.75) is 11.8 Å². The summed E-state index contributed by atoms with van der Waals surface area (Å²) in [6.45, 7) is 2.03. The van der Waals surface area contributed by atoms with Crippen molar-refractivity contribution in [2.75, 3.05) is 19.8 Å². The van der Waals surface area contributed by atoms with E-state index >= 15 is 0 Å². The second kappa shape index (κ2) is 6.98. The number of sulfonamides is 1. The van der Waals surface area contributed by atoms with E-state index in [1.807, 2.05) is 42.0 Å². The number of nitrogens with two attached hydrogens (primary N) is 1. The van der Waals surface area contributed by atoms with E-state index in [1.54, 1.807) is 24.3 Å². The molecule has 7 nitrogen and oxygen atoms in total. The molecular weight excluding hydrogens is 386 g/mol. The fourth-order valence-electron chi connectivity index (χ4n) is 3.22. The van der Waals surface area contributed by atoms with E-state index in [0.717, 1.165) is 27.8 Å². The van der Waals surface area contributed by atoms with Gasteiger partial charge in [-0.05, 0) is 36.8 Å². The van der Waals surface area contributed by atoms with E-state index in [9.17, 15) is 8.42 Å². The van der Waals surface area contributed by atoms with Crippen molar-refractivity contribution in [3.63, 3.8) is 0 Å². The van der Waals surface area contributed by atoms with Crippen LogP contribution < -0.4 is 5.73 Å². The highest BCUT2D eigenvalue weighted by Crippen LogP contribution is 2.34. The van der Waals surface area contributed by atoms with Crippen LogP contribution in [0.4, 0.5) is 5.82 Å². The minimum atomic E-state index is -3.49. The Morgan fingerprint density at radius 1 is 0.966 bits per heavy atom. The second-order valence-electron chi connectivity index (χ2n) is 7.02. The first-order chi connectivity index (χ1) is 13.8. The van der Waals surface area contributed by atoms with E-state index in [-0.39, 0.29) is 4.90 Å². The fraction of sp³-hybridized carbons (Fsp3) is 0.143. The molecule has 8 heteroatoms. The van der Waals surface area contributed by atoms with Crippen LogP contribution in [0.3, 0.4) is 0 Å². The number of nitrogens with zero attached hydrogens (tertiary/aromatic N) is 4. The van der Waals surface area contributed by atoms with Gasteiger partial charge in [0.1, 0.15) is 12.1 Å². The topological polar surface area (TPSA) is 94.1 Å². The normalized spacial score (nSPS) is 12.0. The molecule has 0 aliphatic heterocycles. The lowest BCUT2D eigenvalue weighted by Gasteiger charge is -2.11. The van der Waals surface area contributed by atoms with E-state index in [4.69, 9.17) is 5.73 Å². The molecule has 0 atom stereocenters. The van der Waals surface area contributed by atoms with Crippen molar-refractivity contribution in [3.8, 4) is 16.8 Å². The fourth-order valence-corrected chi connectivity index (χ4v) is 4.13. The molecule has 0 spiro atoms. The molecule has 0 fully saturated rings. The van der Waals surface area contributed by atoms with E-state index in [0.29, 0.717) is 11.5 Å². The van der Waals surface area contributed by atoms with Gasteiger partial charge in [-0.1, -0.05) is 29.8 Å². The van der Waals surface area contributed by atoms with Crippen LogP contribution >= 0.6 is 0 Å². The number of aryl methyl sites for hydroxylation is 1. The molecule has 0 aliphatic rings. The van der Waals surface area contributed by atoms with Gasteiger partial charge in [0.05, 0.1) is 10.3 Å². The molecule has 0 amide bonds. The molecule has 4 aromatic rings. The lowest BCUT2D eigenvalue weighted by Crippen LogP contribution is -2.22. The predicted molar refractivity (Wildman–Crippen MR) is 114 cm³/mol. The Hall–Kier alpha value is -3.23. The molecule has 0 saturated heterocycles. The average Bonchev–Trinajstić information content (AvgIpc) is 3.09. The molecule has 0 radical (unpaired) electrons. The Bertz CT molecular complexity index is 1290. The van der Waals surface area contributed by atoms with Crippen molar-refractivity contribution in [1.29, 1.82) is 0 Å². The van der Waals surface area contributed by atoms with Crippen LogP contribution in [-0.4, -0.2) is 41.4 Å². The molecule has 0 unspecified atom stereocenters. The van der Waals surface area contributed by atoms with Crippen LogP contribution in [0, 0.1) is 6.92 Å². The number of anilines is 1. The van der Waals surface area contributed by atoms with E-state index < -0.39 is 10.0 Å². The summed E-state index contributed by atoms with van der Waals surface area (Å²) in [4.78, 5) is 8.82. The van der Waals surface area contributed by atoms with Gasteiger partial charge in [0, 0.05) is 31.5 Å². The lowest BCUT2D eigenvalue weighted by atomic mass is 10.1. The van der Waals surface area contributed by atoms with Crippen LogP contribution in [0.2, 0.25) is 0 Å². The van der Waals surface area contributed by atoms with Crippen molar-refractivity contribution in [2.24, 2.45) is 0 Å². The molecular formula is C21H21N5O2S. The van der Waals surface area contributed by atoms with E-state index in [2.05, 4.69) is 9.97 Å². The Kier molecular flexibility index (Phi) is 4.60. The minimum Gasteiger partial charge on any atom is -0.383 e. The summed E-state index contributed by atoms with van der Waals surface area (Å²) in [6, 6.07) is 14.8. The highest BCUT2D eigenvalue weighted by Gasteiger charge is 2.19. The summed E-state index contributed by atoms with van der Waals surface area (Å²) in [5, 5.41) is 0.733. The van der Waals surface area contributed by atoms with Crippen LogP contribution in [-0.2, 0) is 10.0 Å². The SMILES string of the molecule is Cc1ccc(-n2cc(-c3ccc(S(=O)(=O)N(C)C)cc3)c3c(N)ncnc32)cc1. The quantitative estimate of drug-likeness (QED) is 0.560. The molecule has 2 heterocycles. The summed E-state index contributed by atoms with van der Waals surface area (Å²) in [5.74, 6) is 0.376. The van der Waals surface area contributed by atoms with Crippen molar-refractivity contribution >= 4 is 26.9 Å². The molecule has 4 rings (SSSR count). The average molecular weight is 407 g/mol. The summed E-state index contributed by atoms with van der Waals surface area (Å²) in [5.41, 5.74) is 10.7. The summed E-state index contributed by atoms with van der Waals surface area (Å²) >= 11 is 0. The molecule has 2 N–H and O–H groups in total. The van der Waals surface area contributed by atoms with Gasteiger partial charge in [0.25, 0.3) is 0 Å². The number of rotatable bonds is 4. The van der Waals surface area contributed by atoms with E-state index in [1.165, 1.54) is 24.7 Å². The maximum Gasteiger partial charge on any atom is 0.242 e. The smallest absolute Gasteiger partial charge is 0.242 e. The zero-order chi connectivity index (χ0) is 20.8. The Morgan fingerprint density at radius 2 is 1.62 bits per heavy atom. The molecule has 0 bridgehead atoms. The summed E-state index contributed by atoms with van der Waals surface area (Å²) < 4.78 is 27.8. The number of fused-ring (bicyclic) bond motifs is 1. The molecule has 29 heavy (non-hydrogen) atoms. The highest BCUT2D eigenvalue weighted by atomic mass is 32.2. The predicted octanol–water partition coefficient (Wildman–Crippen LogP) is 3.23. The van der Waals surface area contributed by atoms with Gasteiger partial charge >= 0.3 is 0 Å². The van der Waals surface area contributed by atoms with Crippen LogP contribution in [0.15, 0.2) is 66.0 Å². The summed E-state index contributed by atoms with van der Waals surface area (Å²) in [7, 11) is -0.469. The first kappa shape index (κ1) is 19.1. The van der Waals surface area contributed by atoms with Crippen LogP contribution in [0.5, 0.6) is 0 Å². The Balaban J connectivity index is 1.90. The van der Waals surface area contributed by atoms with Gasteiger partial charge in [0.15, 0.2) is 5.65 Å². The molecule has 0 saturated carbocycles. The number of benzene rings is 2. The standard InChI is InChI=1S/C21H21N5O2S/c1-14-4-8-16(9-5-14)26-12-18(19-20(22)23-13-24-21(19)26)15-6-10-17(11-7-15)29(27,28)25(2)3/h4-13H,1-3H3,(H2,22,23,24). The maximum atomic E-state index is 12.3. The Morgan fingerprint density at radius 3 is 2.24 bits per heavy atom. The van der Waals surface area contributed by atoms with Crippen molar-refractivity contribution in [3.05, 3.63) is 66.6 Å². The van der Waals surface area contributed by atoms with Gasteiger partial charge < -0.3 is 10.3 Å². The zero-order valence-electron chi connectivity index (χ0n) is 16.4. The third-order valence-electron chi connectivity index (χ3n) is 4.87. The number of hydrogen-bond acceptors (Lipinski definition) is 5. The van der Waals surface area contributed by atoms with Gasteiger partial charge in [-0.25, -0.2) is 22.7 Å². The van der Waals surface area contributed by atoms with Crippen LogP contribution in [0.25, 0.3) is 27.8 Å². The maximum absolute atomic E-state index is 12.3. The minimum absolute atomic E-state index is 0.234. The van der Waals surface area contributed by atoms with Crippen LogP contribution in [0.1, 0.15) is 5.56 Å². The van der Waals surface area contributed by atoms with Gasteiger partial charge in [-0.2, -0.15) is 0 Å². The first-order valence-corrected chi connectivity index (χ1v) is 10.4. The monoisotopic (exact) mass is 407 g/mol. The van der Waals surface area contributed by atoms with Crippen molar-refractivity contribution < 1.29 is 8.42 Å². The molecule has 0 aliphatic carbocycles. The number of aromatic nitrogens is 3. The third kappa shape index (κ3) is 3.26. The summed E-state index contributed by atoms with van der Waals surface area (Å²) in [6.07, 6.45) is 3.40. The molecule has 2 aromatic carbocycles. The number of nitrogen functional groups attached to an aromatic ring is 1. The molecule has 2 aromatic heterocycles. The van der Waals surface area contributed by atoms with Gasteiger partial charge in [0.2, 0.25) is 10.0 Å². The van der Waals surface area contributed by atoms with Crippen molar-refractivity contribution in [1.82, 2.24) is 18.8 Å². The Labute approximate surface area is 169 Å². The highest BCUT2D eigenvalue weighted by molar-refractivity contribution is 7.89. The largest absolute Gasteiger partial charge is 0.383 e. The van der Waals surface area contributed by atoms with Gasteiger partial charge in [-0.3, -0.25) is 0 Å². The zero-order valence-corrected chi connectivity index (χ0v) is 17.2. The number of hydrogen-bond donors (Lipinski definition) is 1. The lowest BCUT2D eigenvalue weighted by molar-refractivity contribution is 0.521. The van der Waals surface area contributed by atoms with Gasteiger partial charge in [-0.15, -0.1) is 0 Å².